The molecule has 0 aromatic heterocycles. The Hall–Kier alpha value is -1.46. The van der Waals surface area contributed by atoms with E-state index in [9.17, 15) is 4.79 Å². The molecule has 0 unspecified atom stereocenters. The maximum absolute atomic E-state index is 11.7. The molecule has 0 atom stereocenters. The van der Waals surface area contributed by atoms with Gasteiger partial charge in [-0.05, 0) is 45.0 Å². The average molecular weight is 339 g/mol. The molecule has 2 N–H and O–H groups in total. The van der Waals surface area contributed by atoms with E-state index in [-0.39, 0.29) is 11.6 Å². The Labute approximate surface area is 144 Å². The highest BCUT2D eigenvalue weighted by molar-refractivity contribution is 6.30. The van der Waals surface area contributed by atoms with Crippen LogP contribution in [0.25, 0.3) is 0 Å². The van der Waals surface area contributed by atoms with E-state index < -0.39 is 0 Å². The second-order valence-electron chi connectivity index (χ2n) is 6.94. The first kappa shape index (κ1) is 17.9. The zero-order chi connectivity index (χ0) is 16.9. The highest BCUT2D eigenvalue weighted by Crippen LogP contribution is 2.19. The molecular weight excluding hydrogens is 312 g/mol. The zero-order valence-electron chi connectivity index (χ0n) is 14.2. The van der Waals surface area contributed by atoms with Crippen molar-refractivity contribution in [1.29, 1.82) is 0 Å². The molecule has 1 aromatic carbocycles. The first-order valence-electron chi connectivity index (χ1n) is 8.12. The molecule has 0 saturated carbocycles. The van der Waals surface area contributed by atoms with Crippen molar-refractivity contribution in [2.75, 3.05) is 44.2 Å². The van der Waals surface area contributed by atoms with Gasteiger partial charge in [0.1, 0.15) is 0 Å². The summed E-state index contributed by atoms with van der Waals surface area (Å²) in [7, 11) is 0. The molecule has 0 radical (unpaired) electrons. The molecule has 5 nitrogen and oxygen atoms in total. The van der Waals surface area contributed by atoms with Gasteiger partial charge < -0.3 is 15.5 Å². The fourth-order valence-corrected chi connectivity index (χ4v) is 2.72. The molecule has 23 heavy (non-hydrogen) atoms. The molecule has 1 heterocycles. The summed E-state index contributed by atoms with van der Waals surface area (Å²) in [6.45, 7) is 11.5. The van der Waals surface area contributed by atoms with E-state index in [2.05, 4.69) is 32.6 Å². The third kappa shape index (κ3) is 6.28. The van der Waals surface area contributed by atoms with Gasteiger partial charge in [0.15, 0.2) is 0 Å². The lowest BCUT2D eigenvalue weighted by atomic mass is 10.1. The summed E-state index contributed by atoms with van der Waals surface area (Å²) in [5, 5.41) is 6.59. The van der Waals surface area contributed by atoms with Gasteiger partial charge in [0.2, 0.25) is 0 Å². The number of benzene rings is 1. The minimum Gasteiger partial charge on any atom is -0.369 e. The van der Waals surface area contributed by atoms with Crippen LogP contribution in [0.2, 0.25) is 5.02 Å². The summed E-state index contributed by atoms with van der Waals surface area (Å²) in [4.78, 5) is 16.5. The van der Waals surface area contributed by atoms with Crippen molar-refractivity contribution in [3.63, 3.8) is 0 Å². The Bertz CT molecular complexity index is 504. The van der Waals surface area contributed by atoms with Gasteiger partial charge >= 0.3 is 6.03 Å². The van der Waals surface area contributed by atoms with Crippen LogP contribution in [0.4, 0.5) is 10.5 Å². The number of amides is 2. The van der Waals surface area contributed by atoms with E-state index in [1.807, 2.05) is 32.9 Å². The second kappa shape index (κ2) is 7.88. The quantitative estimate of drug-likeness (QED) is 0.887. The molecule has 1 aliphatic heterocycles. The predicted molar refractivity (Wildman–Crippen MR) is 96.4 cm³/mol. The van der Waals surface area contributed by atoms with Gasteiger partial charge in [-0.15, -0.1) is 0 Å². The summed E-state index contributed by atoms with van der Waals surface area (Å²) in [6.07, 6.45) is 0. The largest absolute Gasteiger partial charge is 0.369 e. The fraction of sp³-hybridized carbons (Fsp3) is 0.588. The monoisotopic (exact) mass is 338 g/mol. The number of anilines is 1. The molecule has 0 bridgehead atoms. The number of hydrogen-bond donors (Lipinski definition) is 2. The molecule has 128 valence electrons. The molecule has 6 heteroatoms. The number of piperazine rings is 1. The number of hydrogen-bond acceptors (Lipinski definition) is 3. The van der Waals surface area contributed by atoms with Gasteiger partial charge in [0, 0.05) is 55.5 Å². The van der Waals surface area contributed by atoms with Crippen LogP contribution in [0, 0.1) is 0 Å². The number of halogens is 1. The van der Waals surface area contributed by atoms with Gasteiger partial charge in [-0.3, -0.25) is 4.90 Å². The maximum Gasteiger partial charge on any atom is 0.315 e. The van der Waals surface area contributed by atoms with Crippen molar-refractivity contribution in [2.24, 2.45) is 0 Å². The highest BCUT2D eigenvalue weighted by Gasteiger charge is 2.17. The predicted octanol–water partition coefficient (Wildman–Crippen LogP) is 2.56. The SMILES string of the molecule is CC(C)(C)NC(=O)NCCN1CCN(c2ccc(Cl)cc2)CC1. The Morgan fingerprint density at radius 1 is 1.13 bits per heavy atom. The molecule has 0 aliphatic carbocycles. The van der Waals surface area contributed by atoms with Gasteiger partial charge in [0.05, 0.1) is 0 Å². The summed E-state index contributed by atoms with van der Waals surface area (Å²) in [6, 6.07) is 7.90. The van der Waals surface area contributed by atoms with Gasteiger partial charge in [-0.1, -0.05) is 11.6 Å². The first-order valence-corrected chi connectivity index (χ1v) is 8.50. The van der Waals surface area contributed by atoms with Crippen LogP contribution in [0.1, 0.15) is 20.8 Å². The molecule has 2 rings (SSSR count). The number of nitrogens with zero attached hydrogens (tertiary/aromatic N) is 2. The maximum atomic E-state index is 11.7. The van der Waals surface area contributed by atoms with Crippen LogP contribution < -0.4 is 15.5 Å². The van der Waals surface area contributed by atoms with Crippen LogP contribution in [0.3, 0.4) is 0 Å². The zero-order valence-corrected chi connectivity index (χ0v) is 15.0. The smallest absolute Gasteiger partial charge is 0.315 e. The van der Waals surface area contributed by atoms with E-state index in [1.54, 1.807) is 0 Å². The van der Waals surface area contributed by atoms with Gasteiger partial charge in [-0.2, -0.15) is 0 Å². The minimum absolute atomic E-state index is 0.0997. The normalized spacial score (nSPS) is 16.3. The van der Waals surface area contributed by atoms with Gasteiger partial charge in [-0.25, -0.2) is 4.79 Å². The van der Waals surface area contributed by atoms with Crippen LogP contribution in [0.15, 0.2) is 24.3 Å². The lowest BCUT2D eigenvalue weighted by Crippen LogP contribution is -2.51. The van der Waals surface area contributed by atoms with Crippen molar-refractivity contribution in [1.82, 2.24) is 15.5 Å². The van der Waals surface area contributed by atoms with Crippen LogP contribution in [-0.4, -0.2) is 55.7 Å². The lowest BCUT2D eigenvalue weighted by Gasteiger charge is -2.36. The number of nitrogens with one attached hydrogen (secondary N) is 2. The van der Waals surface area contributed by atoms with Crippen molar-refractivity contribution >= 4 is 23.3 Å². The Morgan fingerprint density at radius 3 is 2.30 bits per heavy atom. The summed E-state index contributed by atoms with van der Waals surface area (Å²) in [5.41, 5.74) is 1.02. The molecule has 1 aromatic rings. The van der Waals surface area contributed by atoms with Crippen molar-refractivity contribution < 1.29 is 4.79 Å². The van der Waals surface area contributed by atoms with Crippen molar-refractivity contribution in [3.05, 3.63) is 29.3 Å². The molecule has 0 spiro atoms. The Kier molecular flexibility index (Phi) is 6.13. The van der Waals surface area contributed by atoms with E-state index in [0.717, 1.165) is 37.7 Å². The third-order valence-electron chi connectivity index (χ3n) is 3.77. The van der Waals surface area contributed by atoms with E-state index in [1.165, 1.54) is 5.69 Å². The first-order chi connectivity index (χ1) is 10.8. The number of rotatable bonds is 4. The number of carbonyl (C=O) groups is 1. The fourth-order valence-electron chi connectivity index (χ4n) is 2.59. The Morgan fingerprint density at radius 2 is 1.74 bits per heavy atom. The highest BCUT2D eigenvalue weighted by atomic mass is 35.5. The van der Waals surface area contributed by atoms with E-state index in [0.29, 0.717) is 6.54 Å². The summed E-state index contributed by atoms with van der Waals surface area (Å²) >= 11 is 5.93. The molecule has 2 amide bonds. The van der Waals surface area contributed by atoms with Gasteiger partial charge in [0.25, 0.3) is 0 Å². The summed E-state index contributed by atoms with van der Waals surface area (Å²) < 4.78 is 0. The van der Waals surface area contributed by atoms with E-state index >= 15 is 0 Å². The number of urea groups is 1. The van der Waals surface area contributed by atoms with Crippen molar-refractivity contribution in [2.45, 2.75) is 26.3 Å². The molecule has 1 fully saturated rings. The lowest BCUT2D eigenvalue weighted by molar-refractivity contribution is 0.225. The van der Waals surface area contributed by atoms with Crippen LogP contribution in [-0.2, 0) is 0 Å². The summed E-state index contributed by atoms with van der Waals surface area (Å²) in [5.74, 6) is 0. The Balaban J connectivity index is 1.67. The standard InChI is InChI=1S/C17H27ClN4O/c1-17(2,3)20-16(23)19-8-9-21-10-12-22(13-11-21)15-6-4-14(18)5-7-15/h4-7H,8-13H2,1-3H3,(H2,19,20,23). The van der Waals surface area contributed by atoms with Crippen molar-refractivity contribution in [3.8, 4) is 0 Å². The van der Waals surface area contributed by atoms with Crippen LogP contribution >= 0.6 is 11.6 Å². The van der Waals surface area contributed by atoms with Crippen LogP contribution in [0.5, 0.6) is 0 Å². The number of carbonyl (C=O) groups excluding carboxylic acids is 1. The molecule has 1 saturated heterocycles. The molecular formula is C17H27ClN4O. The average Bonchev–Trinajstić information content (AvgIpc) is 2.47. The topological polar surface area (TPSA) is 47.6 Å². The third-order valence-corrected chi connectivity index (χ3v) is 4.02. The second-order valence-corrected chi connectivity index (χ2v) is 7.37. The molecule has 1 aliphatic rings. The van der Waals surface area contributed by atoms with E-state index in [4.69, 9.17) is 11.6 Å². The minimum atomic E-state index is -0.200.